The fourth-order valence-corrected chi connectivity index (χ4v) is 1.81. The van der Waals surface area contributed by atoms with Gasteiger partial charge in [0.2, 0.25) is 0 Å². The first kappa shape index (κ1) is 17.0. The molecule has 0 aliphatic carbocycles. The molecule has 1 unspecified atom stereocenters. The van der Waals surface area contributed by atoms with Crippen LogP contribution >= 0.6 is 0 Å². The van der Waals surface area contributed by atoms with Gasteiger partial charge in [-0.05, 0) is 58.2 Å². The lowest BCUT2D eigenvalue weighted by molar-refractivity contribution is -0.144. The number of hydrogen-bond acceptors (Lipinski definition) is 3. The number of ether oxygens (including phenoxy) is 1. The fraction of sp³-hybridized carbons (Fsp3) is 0.500. The molecule has 5 nitrogen and oxygen atoms in total. The quantitative estimate of drug-likeness (QED) is 0.897. The number of carbonyl (C=O) groups is 2. The van der Waals surface area contributed by atoms with Crippen molar-refractivity contribution >= 4 is 12.1 Å². The molecule has 1 amide bonds. The summed E-state index contributed by atoms with van der Waals surface area (Å²) in [6.07, 6.45) is -0.759. The summed E-state index contributed by atoms with van der Waals surface area (Å²) in [6.45, 7) is 10.5. The molecule has 0 aliphatic rings. The molecular formula is C16H23NO4. The zero-order valence-corrected chi connectivity index (χ0v) is 13.4. The Hall–Kier alpha value is -2.04. The summed E-state index contributed by atoms with van der Waals surface area (Å²) in [4.78, 5) is 23.6. The molecule has 116 valence electrons. The lowest BCUT2D eigenvalue weighted by atomic mass is 9.90. The second-order valence-corrected chi connectivity index (χ2v) is 6.36. The van der Waals surface area contributed by atoms with E-state index >= 15 is 0 Å². The van der Waals surface area contributed by atoms with Gasteiger partial charge in [0.15, 0.2) is 5.54 Å². The van der Waals surface area contributed by atoms with Gasteiger partial charge < -0.3 is 15.2 Å². The van der Waals surface area contributed by atoms with E-state index in [2.05, 4.69) is 5.32 Å². The van der Waals surface area contributed by atoms with Crippen LogP contribution < -0.4 is 5.32 Å². The van der Waals surface area contributed by atoms with Crippen molar-refractivity contribution in [3.8, 4) is 0 Å². The number of amides is 1. The van der Waals surface area contributed by atoms with Crippen LogP contribution in [-0.4, -0.2) is 22.8 Å². The molecule has 1 atom stereocenters. The van der Waals surface area contributed by atoms with E-state index in [9.17, 15) is 14.7 Å². The van der Waals surface area contributed by atoms with Crippen molar-refractivity contribution < 1.29 is 19.4 Å². The molecule has 0 aromatic heterocycles. The minimum absolute atomic E-state index is 0.504. The lowest BCUT2D eigenvalue weighted by Crippen LogP contribution is -2.51. The van der Waals surface area contributed by atoms with Gasteiger partial charge >= 0.3 is 12.1 Å². The Kier molecular flexibility index (Phi) is 4.66. The molecule has 1 aromatic rings. The van der Waals surface area contributed by atoms with E-state index in [0.29, 0.717) is 5.56 Å². The van der Waals surface area contributed by atoms with Crippen LogP contribution in [0.5, 0.6) is 0 Å². The third-order valence-corrected chi connectivity index (χ3v) is 3.26. The minimum atomic E-state index is -1.54. The predicted octanol–water partition coefficient (Wildman–Crippen LogP) is 3.13. The van der Waals surface area contributed by atoms with Crippen LogP contribution in [0.15, 0.2) is 18.2 Å². The summed E-state index contributed by atoms with van der Waals surface area (Å²) >= 11 is 0. The second-order valence-electron chi connectivity index (χ2n) is 6.36. The summed E-state index contributed by atoms with van der Waals surface area (Å²) in [5, 5.41) is 12.0. The Morgan fingerprint density at radius 3 is 2.10 bits per heavy atom. The van der Waals surface area contributed by atoms with Crippen molar-refractivity contribution in [2.45, 2.75) is 52.7 Å². The molecule has 21 heavy (non-hydrogen) atoms. The van der Waals surface area contributed by atoms with E-state index in [1.807, 2.05) is 19.9 Å². The Bertz CT molecular complexity index is 560. The largest absolute Gasteiger partial charge is 0.479 e. The maximum Gasteiger partial charge on any atom is 0.408 e. The van der Waals surface area contributed by atoms with Gasteiger partial charge in [-0.1, -0.05) is 18.2 Å². The Morgan fingerprint density at radius 1 is 1.10 bits per heavy atom. The molecule has 0 saturated carbocycles. The van der Waals surface area contributed by atoms with Crippen LogP contribution in [0.3, 0.4) is 0 Å². The van der Waals surface area contributed by atoms with Crippen molar-refractivity contribution in [2.24, 2.45) is 0 Å². The van der Waals surface area contributed by atoms with Gasteiger partial charge in [-0.15, -0.1) is 0 Å². The number of carboxylic acid groups (broad SMARTS) is 1. The van der Waals surface area contributed by atoms with Crippen molar-refractivity contribution in [1.29, 1.82) is 0 Å². The van der Waals surface area contributed by atoms with Crippen LogP contribution in [0.4, 0.5) is 4.79 Å². The van der Waals surface area contributed by atoms with Crippen molar-refractivity contribution in [3.63, 3.8) is 0 Å². The summed E-state index contributed by atoms with van der Waals surface area (Å²) in [5.41, 5.74) is 0.298. The van der Waals surface area contributed by atoms with Gasteiger partial charge in [0.1, 0.15) is 5.60 Å². The first-order valence-electron chi connectivity index (χ1n) is 6.78. The number of carboxylic acids is 1. The number of hydrogen-bond donors (Lipinski definition) is 2. The highest BCUT2D eigenvalue weighted by Gasteiger charge is 2.38. The van der Waals surface area contributed by atoms with Gasteiger partial charge in [-0.25, -0.2) is 9.59 Å². The summed E-state index contributed by atoms with van der Waals surface area (Å²) in [7, 11) is 0. The third-order valence-electron chi connectivity index (χ3n) is 3.26. The minimum Gasteiger partial charge on any atom is -0.479 e. The number of aliphatic carboxylic acids is 1. The van der Waals surface area contributed by atoms with E-state index in [1.54, 1.807) is 32.9 Å². The maximum atomic E-state index is 11.9. The normalized spacial score (nSPS) is 14.2. The van der Waals surface area contributed by atoms with Crippen LogP contribution in [0.1, 0.15) is 44.4 Å². The number of alkyl carbamates (subject to hydrolysis) is 1. The first-order valence-corrected chi connectivity index (χ1v) is 6.78. The summed E-state index contributed by atoms with van der Waals surface area (Å²) in [6, 6.07) is 5.30. The topological polar surface area (TPSA) is 75.6 Å². The number of nitrogens with one attached hydrogen (secondary N) is 1. The van der Waals surface area contributed by atoms with Crippen molar-refractivity contribution in [1.82, 2.24) is 5.32 Å². The number of aryl methyl sites for hydroxylation is 2. The highest BCUT2D eigenvalue weighted by molar-refractivity contribution is 5.85. The SMILES string of the molecule is Cc1ccc(C(C)(NC(=O)OC(C)(C)C)C(=O)O)cc1C. The molecule has 1 aromatic carbocycles. The Balaban J connectivity index is 3.11. The average molecular weight is 293 g/mol. The molecule has 2 N–H and O–H groups in total. The van der Waals surface area contributed by atoms with E-state index in [0.717, 1.165) is 11.1 Å². The van der Waals surface area contributed by atoms with Gasteiger partial charge in [0, 0.05) is 0 Å². The molecule has 5 heteroatoms. The molecule has 0 bridgehead atoms. The highest BCUT2D eigenvalue weighted by Crippen LogP contribution is 2.24. The average Bonchev–Trinajstić information content (AvgIpc) is 2.29. The molecule has 0 radical (unpaired) electrons. The Labute approximate surface area is 125 Å². The molecule has 0 fully saturated rings. The number of benzene rings is 1. The van der Waals surface area contributed by atoms with E-state index in [1.165, 1.54) is 6.92 Å². The van der Waals surface area contributed by atoms with Gasteiger partial charge in [-0.3, -0.25) is 0 Å². The van der Waals surface area contributed by atoms with Crippen LogP contribution in [0, 0.1) is 13.8 Å². The van der Waals surface area contributed by atoms with Crippen molar-refractivity contribution in [2.75, 3.05) is 0 Å². The van der Waals surface area contributed by atoms with Gasteiger partial charge in [0.05, 0.1) is 0 Å². The molecule has 1 rings (SSSR count). The maximum absolute atomic E-state index is 11.9. The second kappa shape index (κ2) is 5.76. The molecule has 0 saturated heterocycles. The summed E-state index contributed by atoms with van der Waals surface area (Å²) < 4.78 is 5.15. The van der Waals surface area contributed by atoms with Crippen LogP contribution in [0.2, 0.25) is 0 Å². The molecule has 0 spiro atoms. The number of carbonyl (C=O) groups excluding carboxylic acids is 1. The van der Waals surface area contributed by atoms with E-state index < -0.39 is 23.2 Å². The molecule has 0 heterocycles. The standard InChI is InChI=1S/C16H23NO4/c1-10-7-8-12(9-11(10)2)16(6,13(18)19)17-14(20)21-15(3,4)5/h7-9H,1-6H3,(H,17,20)(H,18,19). The summed E-state index contributed by atoms with van der Waals surface area (Å²) in [5.74, 6) is -1.14. The van der Waals surface area contributed by atoms with Gasteiger partial charge in [-0.2, -0.15) is 0 Å². The van der Waals surface area contributed by atoms with E-state index in [-0.39, 0.29) is 0 Å². The lowest BCUT2D eigenvalue weighted by Gasteiger charge is -2.29. The first-order chi connectivity index (χ1) is 9.45. The predicted molar refractivity (Wildman–Crippen MR) is 80.3 cm³/mol. The Morgan fingerprint density at radius 2 is 1.67 bits per heavy atom. The zero-order chi connectivity index (χ0) is 16.4. The zero-order valence-electron chi connectivity index (χ0n) is 13.4. The molecular weight excluding hydrogens is 270 g/mol. The monoisotopic (exact) mass is 293 g/mol. The smallest absolute Gasteiger partial charge is 0.408 e. The third kappa shape index (κ3) is 4.21. The van der Waals surface area contributed by atoms with Crippen molar-refractivity contribution in [3.05, 3.63) is 34.9 Å². The van der Waals surface area contributed by atoms with Gasteiger partial charge in [0.25, 0.3) is 0 Å². The van der Waals surface area contributed by atoms with Crippen LogP contribution in [0.25, 0.3) is 0 Å². The van der Waals surface area contributed by atoms with Crippen LogP contribution in [-0.2, 0) is 15.1 Å². The molecule has 0 aliphatic heterocycles. The van der Waals surface area contributed by atoms with E-state index in [4.69, 9.17) is 4.74 Å². The highest BCUT2D eigenvalue weighted by atomic mass is 16.6. The fourth-order valence-electron chi connectivity index (χ4n) is 1.81. The number of rotatable bonds is 3.